The first-order valence-corrected chi connectivity index (χ1v) is 5.71. The molecule has 0 spiro atoms. The fraction of sp³-hybridized carbons (Fsp3) is 0.667. The van der Waals surface area contributed by atoms with Crippen LogP contribution < -0.4 is 4.90 Å². The van der Waals surface area contributed by atoms with Gasteiger partial charge >= 0.3 is 0 Å². The summed E-state index contributed by atoms with van der Waals surface area (Å²) in [5.74, 6) is 1.89. The van der Waals surface area contributed by atoms with E-state index in [2.05, 4.69) is 30.4 Å². The molecule has 1 atom stereocenters. The Bertz CT molecular complexity index is 284. The number of aromatic nitrogens is 2. The van der Waals surface area contributed by atoms with Crippen LogP contribution in [-0.2, 0) is 7.05 Å². The van der Waals surface area contributed by atoms with Crippen molar-refractivity contribution >= 4 is 21.9 Å². The normalized spacial score (nSPS) is 22.6. The molecule has 1 aromatic heterocycles. The number of nitrogens with zero attached hydrogens (tertiary/aromatic N) is 3. The Labute approximate surface area is 86.9 Å². The van der Waals surface area contributed by atoms with Crippen molar-refractivity contribution in [1.82, 2.24) is 9.55 Å². The van der Waals surface area contributed by atoms with E-state index in [1.165, 1.54) is 6.42 Å². The molecular weight excluding hydrogens is 230 g/mol. The molecule has 1 saturated heterocycles. The fourth-order valence-electron chi connectivity index (χ4n) is 1.80. The molecule has 0 N–H and O–H groups in total. The molecule has 1 aliphatic rings. The van der Waals surface area contributed by atoms with Gasteiger partial charge < -0.3 is 9.47 Å². The topological polar surface area (TPSA) is 21.1 Å². The van der Waals surface area contributed by atoms with Crippen molar-refractivity contribution < 1.29 is 0 Å². The first-order chi connectivity index (χ1) is 6.31. The lowest BCUT2D eigenvalue weighted by molar-refractivity contribution is 0.673. The van der Waals surface area contributed by atoms with Gasteiger partial charge in [0, 0.05) is 37.9 Å². The maximum Gasteiger partial charge on any atom is 0.205 e. The maximum atomic E-state index is 4.34. The predicted molar refractivity (Wildman–Crippen MR) is 57.3 cm³/mol. The Morgan fingerprint density at radius 1 is 1.69 bits per heavy atom. The third-order valence-electron chi connectivity index (χ3n) is 2.58. The molecule has 2 rings (SSSR count). The van der Waals surface area contributed by atoms with Crippen LogP contribution in [0.25, 0.3) is 0 Å². The highest BCUT2D eigenvalue weighted by Gasteiger charge is 2.23. The molecule has 4 heteroatoms. The van der Waals surface area contributed by atoms with Gasteiger partial charge in [0.05, 0.1) is 0 Å². The van der Waals surface area contributed by atoms with Gasteiger partial charge in [-0.25, -0.2) is 4.98 Å². The van der Waals surface area contributed by atoms with Gasteiger partial charge in [-0.1, -0.05) is 15.9 Å². The van der Waals surface area contributed by atoms with Crippen molar-refractivity contribution in [3.05, 3.63) is 12.4 Å². The molecule has 2 heterocycles. The van der Waals surface area contributed by atoms with Crippen molar-refractivity contribution in [3.63, 3.8) is 0 Å². The average molecular weight is 244 g/mol. The zero-order chi connectivity index (χ0) is 9.26. The second kappa shape index (κ2) is 3.70. The molecule has 3 nitrogen and oxygen atoms in total. The summed E-state index contributed by atoms with van der Waals surface area (Å²) in [6, 6.07) is 0. The minimum absolute atomic E-state index is 0.789. The highest BCUT2D eigenvalue weighted by atomic mass is 79.9. The van der Waals surface area contributed by atoms with Gasteiger partial charge in [-0.3, -0.25) is 0 Å². The van der Waals surface area contributed by atoms with E-state index in [1.807, 2.05) is 19.4 Å². The number of hydrogen-bond donors (Lipinski definition) is 0. The smallest absolute Gasteiger partial charge is 0.205 e. The molecule has 0 bridgehead atoms. The van der Waals surface area contributed by atoms with Gasteiger partial charge in [0.15, 0.2) is 0 Å². The van der Waals surface area contributed by atoms with E-state index in [-0.39, 0.29) is 0 Å². The van der Waals surface area contributed by atoms with Crippen LogP contribution in [0.5, 0.6) is 0 Å². The third kappa shape index (κ3) is 1.73. The quantitative estimate of drug-likeness (QED) is 0.737. The van der Waals surface area contributed by atoms with Gasteiger partial charge in [0.25, 0.3) is 0 Å². The molecule has 1 unspecified atom stereocenters. The lowest BCUT2D eigenvalue weighted by Crippen LogP contribution is -2.23. The van der Waals surface area contributed by atoms with E-state index in [0.717, 1.165) is 30.3 Å². The lowest BCUT2D eigenvalue weighted by atomic mass is 10.2. The molecule has 1 aromatic rings. The Balaban J connectivity index is 2.08. The summed E-state index contributed by atoms with van der Waals surface area (Å²) in [5.41, 5.74) is 0. The second-order valence-corrected chi connectivity index (χ2v) is 4.24. The molecular formula is C9H14BrN3. The number of hydrogen-bond acceptors (Lipinski definition) is 2. The highest BCUT2D eigenvalue weighted by molar-refractivity contribution is 9.09. The van der Waals surface area contributed by atoms with E-state index in [0.29, 0.717) is 0 Å². The van der Waals surface area contributed by atoms with Crippen molar-refractivity contribution in [2.45, 2.75) is 6.42 Å². The first-order valence-electron chi connectivity index (χ1n) is 4.59. The maximum absolute atomic E-state index is 4.34. The SMILES string of the molecule is Cn1ccnc1N1CCC(CBr)C1. The Morgan fingerprint density at radius 2 is 2.54 bits per heavy atom. The van der Waals surface area contributed by atoms with Gasteiger partial charge in [0.1, 0.15) is 0 Å². The van der Waals surface area contributed by atoms with Crippen LogP contribution in [0.15, 0.2) is 12.4 Å². The summed E-state index contributed by atoms with van der Waals surface area (Å²) < 4.78 is 2.08. The van der Waals surface area contributed by atoms with Crippen LogP contribution in [0.1, 0.15) is 6.42 Å². The largest absolute Gasteiger partial charge is 0.342 e. The number of rotatable bonds is 2. The molecule has 0 saturated carbocycles. The summed E-state index contributed by atoms with van der Waals surface area (Å²) >= 11 is 3.53. The minimum atomic E-state index is 0.789. The standard InChI is InChI=1S/C9H14BrN3/c1-12-5-3-11-9(12)13-4-2-8(6-10)7-13/h3,5,8H,2,4,6-7H2,1H3. The predicted octanol–water partition coefficient (Wildman–Crippen LogP) is 1.64. The summed E-state index contributed by atoms with van der Waals surface area (Å²) in [4.78, 5) is 6.69. The fourth-order valence-corrected chi connectivity index (χ4v) is 2.33. The van der Waals surface area contributed by atoms with Gasteiger partial charge in [-0.05, 0) is 12.3 Å². The van der Waals surface area contributed by atoms with Crippen molar-refractivity contribution in [3.8, 4) is 0 Å². The van der Waals surface area contributed by atoms with Crippen molar-refractivity contribution in [2.75, 3.05) is 23.3 Å². The molecule has 72 valence electrons. The minimum Gasteiger partial charge on any atom is -0.342 e. The van der Waals surface area contributed by atoms with Crippen LogP contribution in [0.4, 0.5) is 5.95 Å². The van der Waals surface area contributed by atoms with Crippen LogP contribution in [0.2, 0.25) is 0 Å². The molecule has 0 radical (unpaired) electrons. The Hall–Kier alpha value is -0.510. The number of aryl methyl sites for hydroxylation is 1. The van der Waals surface area contributed by atoms with Gasteiger partial charge in [-0.15, -0.1) is 0 Å². The molecule has 1 fully saturated rings. The van der Waals surface area contributed by atoms with Crippen LogP contribution in [0, 0.1) is 5.92 Å². The van der Waals surface area contributed by atoms with E-state index in [4.69, 9.17) is 0 Å². The van der Waals surface area contributed by atoms with E-state index >= 15 is 0 Å². The van der Waals surface area contributed by atoms with E-state index in [9.17, 15) is 0 Å². The van der Waals surface area contributed by atoms with Gasteiger partial charge in [-0.2, -0.15) is 0 Å². The molecule has 0 aliphatic carbocycles. The third-order valence-corrected chi connectivity index (χ3v) is 3.50. The summed E-state index contributed by atoms with van der Waals surface area (Å²) in [5, 5.41) is 1.11. The lowest BCUT2D eigenvalue weighted by Gasteiger charge is -2.16. The second-order valence-electron chi connectivity index (χ2n) is 3.59. The van der Waals surface area contributed by atoms with Crippen LogP contribution in [-0.4, -0.2) is 28.0 Å². The highest BCUT2D eigenvalue weighted by Crippen LogP contribution is 2.22. The zero-order valence-corrected chi connectivity index (χ0v) is 9.37. The first kappa shape index (κ1) is 9.06. The Kier molecular flexibility index (Phi) is 2.58. The summed E-state index contributed by atoms with van der Waals surface area (Å²) in [6.07, 6.45) is 5.13. The Morgan fingerprint density at radius 3 is 3.08 bits per heavy atom. The molecule has 0 aromatic carbocycles. The number of anilines is 1. The average Bonchev–Trinajstić information content (AvgIpc) is 2.71. The van der Waals surface area contributed by atoms with Crippen LogP contribution in [0.3, 0.4) is 0 Å². The van der Waals surface area contributed by atoms with Crippen molar-refractivity contribution in [1.29, 1.82) is 0 Å². The number of imidazole rings is 1. The summed E-state index contributed by atoms with van der Waals surface area (Å²) in [6.45, 7) is 2.28. The van der Waals surface area contributed by atoms with E-state index in [1.54, 1.807) is 0 Å². The van der Waals surface area contributed by atoms with Crippen LogP contribution >= 0.6 is 15.9 Å². The van der Waals surface area contributed by atoms with E-state index < -0.39 is 0 Å². The number of alkyl halides is 1. The monoisotopic (exact) mass is 243 g/mol. The molecule has 0 amide bonds. The molecule has 13 heavy (non-hydrogen) atoms. The summed E-state index contributed by atoms with van der Waals surface area (Å²) in [7, 11) is 2.05. The molecule has 1 aliphatic heterocycles. The van der Waals surface area contributed by atoms with Gasteiger partial charge in [0.2, 0.25) is 5.95 Å². The number of halogens is 1. The zero-order valence-electron chi connectivity index (χ0n) is 7.78. The van der Waals surface area contributed by atoms with Crippen molar-refractivity contribution in [2.24, 2.45) is 13.0 Å².